The summed E-state index contributed by atoms with van der Waals surface area (Å²) in [5.41, 5.74) is 0. The first-order valence-electron chi connectivity index (χ1n) is 7.08. The third kappa shape index (κ3) is 3.56. The Balaban J connectivity index is 1.80. The predicted octanol–water partition coefficient (Wildman–Crippen LogP) is 2.03. The van der Waals surface area contributed by atoms with Gasteiger partial charge in [0.25, 0.3) is 0 Å². The van der Waals surface area contributed by atoms with Gasteiger partial charge in [-0.3, -0.25) is 0 Å². The number of nitrogens with zero attached hydrogens (tertiary/aromatic N) is 3. The van der Waals surface area contributed by atoms with Gasteiger partial charge in [-0.1, -0.05) is 6.92 Å². The summed E-state index contributed by atoms with van der Waals surface area (Å²) in [6.07, 6.45) is 7.58. The quantitative estimate of drug-likeness (QED) is 0.725. The lowest BCUT2D eigenvalue weighted by Gasteiger charge is -2.32. The summed E-state index contributed by atoms with van der Waals surface area (Å²) in [4.78, 5) is 7.00. The molecule has 0 N–H and O–H groups in total. The molecule has 1 aliphatic rings. The number of aryl methyl sites for hydroxylation is 1. The average Bonchev–Trinajstić information content (AvgIpc) is 2.81. The van der Waals surface area contributed by atoms with Gasteiger partial charge in [0.1, 0.15) is 5.82 Å². The maximum absolute atomic E-state index is 5.57. The number of hydrogen-bond acceptors (Lipinski definition) is 3. The van der Waals surface area contributed by atoms with Crippen molar-refractivity contribution in [3.63, 3.8) is 0 Å². The molecule has 2 rings (SSSR count). The molecule has 1 aliphatic heterocycles. The van der Waals surface area contributed by atoms with E-state index in [4.69, 9.17) is 4.74 Å². The van der Waals surface area contributed by atoms with E-state index in [-0.39, 0.29) is 0 Å². The molecule has 0 bridgehead atoms. The van der Waals surface area contributed by atoms with Gasteiger partial charge in [-0.15, -0.1) is 0 Å². The summed E-state index contributed by atoms with van der Waals surface area (Å²) >= 11 is 0. The Bertz CT molecular complexity index is 351. The first-order chi connectivity index (χ1) is 8.81. The highest BCUT2D eigenvalue weighted by Crippen LogP contribution is 2.24. The number of aromatic nitrogens is 2. The smallest absolute Gasteiger partial charge is 0.112 e. The van der Waals surface area contributed by atoms with Crippen LogP contribution in [0, 0.1) is 0 Å². The van der Waals surface area contributed by atoms with Crippen molar-refractivity contribution in [2.45, 2.75) is 32.1 Å². The Morgan fingerprint density at radius 2 is 2.33 bits per heavy atom. The molecule has 2 heterocycles. The van der Waals surface area contributed by atoms with Crippen LogP contribution in [0.1, 0.15) is 37.9 Å². The topological polar surface area (TPSA) is 30.3 Å². The summed E-state index contributed by atoms with van der Waals surface area (Å²) in [5, 5.41) is 0. The second-order valence-corrected chi connectivity index (χ2v) is 5.15. The zero-order valence-electron chi connectivity index (χ0n) is 11.6. The molecule has 0 unspecified atom stereocenters. The number of likely N-dealkylation sites (tertiary alicyclic amines) is 1. The van der Waals surface area contributed by atoms with Crippen LogP contribution in [0.3, 0.4) is 0 Å². The largest absolute Gasteiger partial charge is 0.380 e. The molecular weight excluding hydrogens is 226 g/mol. The van der Waals surface area contributed by atoms with Gasteiger partial charge in [-0.05, 0) is 25.8 Å². The van der Waals surface area contributed by atoms with Crippen LogP contribution in [0.5, 0.6) is 0 Å². The maximum atomic E-state index is 5.57. The minimum absolute atomic E-state index is 0.588. The van der Waals surface area contributed by atoms with Crippen LogP contribution < -0.4 is 0 Å². The van der Waals surface area contributed by atoms with Crippen molar-refractivity contribution in [1.29, 1.82) is 0 Å². The van der Waals surface area contributed by atoms with E-state index in [9.17, 15) is 0 Å². The van der Waals surface area contributed by atoms with Gasteiger partial charge >= 0.3 is 0 Å². The number of hydrogen-bond donors (Lipinski definition) is 0. The van der Waals surface area contributed by atoms with E-state index in [0.29, 0.717) is 5.92 Å². The SMILES string of the molecule is CCCOCCN1CCC[C@H](c2nccn2C)C1. The van der Waals surface area contributed by atoms with Gasteiger partial charge in [0, 0.05) is 45.1 Å². The second kappa shape index (κ2) is 6.90. The molecule has 0 aliphatic carbocycles. The molecule has 0 spiro atoms. The molecule has 102 valence electrons. The Hall–Kier alpha value is -0.870. The molecule has 0 saturated carbocycles. The summed E-state index contributed by atoms with van der Waals surface area (Å²) in [6.45, 7) is 7.29. The van der Waals surface area contributed by atoms with E-state index in [2.05, 4.69) is 28.4 Å². The van der Waals surface area contributed by atoms with Crippen LogP contribution in [0.4, 0.5) is 0 Å². The number of ether oxygens (including phenoxy) is 1. The van der Waals surface area contributed by atoms with Gasteiger partial charge in [0.15, 0.2) is 0 Å². The first-order valence-corrected chi connectivity index (χ1v) is 7.08. The molecule has 0 amide bonds. The van der Waals surface area contributed by atoms with Crippen LogP contribution in [-0.4, -0.2) is 47.3 Å². The molecule has 1 aromatic heterocycles. The third-order valence-corrected chi connectivity index (χ3v) is 3.63. The molecule has 1 fully saturated rings. The molecule has 1 saturated heterocycles. The maximum Gasteiger partial charge on any atom is 0.112 e. The van der Waals surface area contributed by atoms with Crippen molar-refractivity contribution < 1.29 is 4.74 Å². The van der Waals surface area contributed by atoms with Gasteiger partial charge in [-0.2, -0.15) is 0 Å². The highest BCUT2D eigenvalue weighted by molar-refractivity contribution is 5.02. The molecule has 1 aromatic rings. The molecule has 4 heteroatoms. The molecule has 4 nitrogen and oxygen atoms in total. The average molecular weight is 251 g/mol. The van der Waals surface area contributed by atoms with Gasteiger partial charge in [0.05, 0.1) is 6.61 Å². The minimum atomic E-state index is 0.588. The van der Waals surface area contributed by atoms with Crippen molar-refractivity contribution in [2.24, 2.45) is 7.05 Å². The fraction of sp³-hybridized carbons (Fsp3) is 0.786. The summed E-state index contributed by atoms with van der Waals surface area (Å²) in [5.74, 6) is 1.82. The van der Waals surface area contributed by atoms with Crippen molar-refractivity contribution in [1.82, 2.24) is 14.5 Å². The van der Waals surface area contributed by atoms with E-state index in [1.165, 1.54) is 25.2 Å². The molecule has 1 atom stereocenters. The van der Waals surface area contributed by atoms with Crippen LogP contribution in [-0.2, 0) is 11.8 Å². The third-order valence-electron chi connectivity index (χ3n) is 3.63. The second-order valence-electron chi connectivity index (χ2n) is 5.15. The van der Waals surface area contributed by atoms with E-state index in [1.807, 2.05) is 12.4 Å². The monoisotopic (exact) mass is 251 g/mol. The van der Waals surface area contributed by atoms with Crippen molar-refractivity contribution in [3.8, 4) is 0 Å². The summed E-state index contributed by atoms with van der Waals surface area (Å²) < 4.78 is 7.73. The summed E-state index contributed by atoms with van der Waals surface area (Å²) in [6, 6.07) is 0. The van der Waals surface area contributed by atoms with Gasteiger partial charge in [0.2, 0.25) is 0 Å². The normalized spacial score (nSPS) is 21.3. The molecular formula is C14H25N3O. The zero-order chi connectivity index (χ0) is 12.8. The van der Waals surface area contributed by atoms with E-state index < -0.39 is 0 Å². The van der Waals surface area contributed by atoms with Crippen molar-refractivity contribution in [2.75, 3.05) is 32.8 Å². The molecule has 0 radical (unpaired) electrons. The number of rotatable bonds is 6. The van der Waals surface area contributed by atoms with Gasteiger partial charge in [-0.25, -0.2) is 4.98 Å². The van der Waals surface area contributed by atoms with Crippen LogP contribution in [0.25, 0.3) is 0 Å². The Morgan fingerprint density at radius 1 is 1.44 bits per heavy atom. The Kier molecular flexibility index (Phi) is 5.20. The highest BCUT2D eigenvalue weighted by atomic mass is 16.5. The fourth-order valence-electron chi connectivity index (χ4n) is 2.68. The van der Waals surface area contributed by atoms with Crippen LogP contribution in [0.15, 0.2) is 12.4 Å². The lowest BCUT2D eigenvalue weighted by Crippen LogP contribution is -2.37. The van der Waals surface area contributed by atoms with E-state index in [1.54, 1.807) is 0 Å². The van der Waals surface area contributed by atoms with Crippen molar-refractivity contribution in [3.05, 3.63) is 18.2 Å². The first kappa shape index (κ1) is 13.6. The van der Waals surface area contributed by atoms with E-state index in [0.717, 1.165) is 32.7 Å². The highest BCUT2D eigenvalue weighted by Gasteiger charge is 2.23. The predicted molar refractivity (Wildman–Crippen MR) is 72.7 cm³/mol. The van der Waals surface area contributed by atoms with Crippen LogP contribution >= 0.6 is 0 Å². The lowest BCUT2D eigenvalue weighted by molar-refractivity contribution is 0.0921. The standard InChI is InChI=1S/C14H25N3O/c1-3-10-18-11-9-17-7-4-5-13(12-17)14-15-6-8-16(14)2/h6,8,13H,3-5,7,9-12H2,1-2H3/t13-/m0/s1. The van der Waals surface area contributed by atoms with Crippen molar-refractivity contribution >= 4 is 0 Å². The Labute approximate surface area is 110 Å². The Morgan fingerprint density at radius 3 is 3.06 bits per heavy atom. The number of imidazole rings is 1. The number of piperidine rings is 1. The molecule has 18 heavy (non-hydrogen) atoms. The summed E-state index contributed by atoms with van der Waals surface area (Å²) in [7, 11) is 2.09. The minimum Gasteiger partial charge on any atom is -0.380 e. The lowest BCUT2D eigenvalue weighted by atomic mass is 9.97. The van der Waals surface area contributed by atoms with Crippen LogP contribution in [0.2, 0.25) is 0 Å². The zero-order valence-corrected chi connectivity index (χ0v) is 11.6. The molecule has 0 aromatic carbocycles. The van der Waals surface area contributed by atoms with Gasteiger partial charge < -0.3 is 14.2 Å². The van der Waals surface area contributed by atoms with E-state index >= 15 is 0 Å². The fourth-order valence-corrected chi connectivity index (χ4v) is 2.68.